The summed E-state index contributed by atoms with van der Waals surface area (Å²) in [6, 6.07) is 8.30. The summed E-state index contributed by atoms with van der Waals surface area (Å²) in [5.41, 5.74) is 3.50. The average Bonchev–Trinajstić information content (AvgIpc) is 2.19. The minimum atomic E-state index is 0.0767. The van der Waals surface area contributed by atoms with Crippen LogP contribution in [0.2, 0.25) is 0 Å². The molecule has 0 unspecified atom stereocenters. The molecule has 0 saturated carbocycles. The van der Waals surface area contributed by atoms with Crippen LogP contribution < -0.4 is 0 Å². The number of aryl methyl sites for hydroxylation is 1. The van der Waals surface area contributed by atoms with Crippen molar-refractivity contribution in [3.05, 3.63) is 35.4 Å². The van der Waals surface area contributed by atoms with Gasteiger partial charge < -0.3 is 4.84 Å². The maximum Gasteiger partial charge on any atom is 0.142 e. The molecule has 2 nitrogen and oxygen atoms in total. The van der Waals surface area contributed by atoms with Crippen molar-refractivity contribution in [2.45, 2.75) is 41.2 Å². The molecule has 0 bridgehead atoms. The van der Waals surface area contributed by atoms with Crippen molar-refractivity contribution in [2.75, 3.05) is 0 Å². The second-order valence-electron chi connectivity index (χ2n) is 5.19. The van der Waals surface area contributed by atoms with Gasteiger partial charge in [-0.05, 0) is 19.4 Å². The van der Waals surface area contributed by atoms with Gasteiger partial charge in [0, 0.05) is 5.41 Å². The molecule has 1 aromatic carbocycles. The Bertz CT molecular complexity index is 357. The zero-order valence-electron chi connectivity index (χ0n) is 10.9. The predicted molar refractivity (Wildman–Crippen MR) is 68.5 cm³/mol. The largest absolute Gasteiger partial charge is 0.391 e. The fraction of sp³-hybridized carbons (Fsp3) is 0.500. The highest BCUT2D eigenvalue weighted by molar-refractivity contribution is 5.86. The van der Waals surface area contributed by atoms with Gasteiger partial charge in [0.1, 0.15) is 6.61 Å². The monoisotopic (exact) mass is 219 g/mol. The first-order valence-corrected chi connectivity index (χ1v) is 5.62. The van der Waals surface area contributed by atoms with Crippen molar-refractivity contribution in [1.82, 2.24) is 0 Å². The lowest BCUT2D eigenvalue weighted by Crippen LogP contribution is -2.17. The number of oxime groups is 1. The van der Waals surface area contributed by atoms with Crippen LogP contribution in [0.3, 0.4) is 0 Å². The van der Waals surface area contributed by atoms with Gasteiger partial charge >= 0.3 is 0 Å². The fourth-order valence-electron chi connectivity index (χ4n) is 1.02. The van der Waals surface area contributed by atoms with E-state index in [9.17, 15) is 0 Å². The molecule has 2 heteroatoms. The molecule has 0 heterocycles. The molecular formula is C14H21NO. The molecule has 0 aromatic heterocycles. The Morgan fingerprint density at radius 1 is 1.19 bits per heavy atom. The van der Waals surface area contributed by atoms with Gasteiger partial charge in [0.15, 0.2) is 0 Å². The van der Waals surface area contributed by atoms with Crippen LogP contribution in [0.1, 0.15) is 38.8 Å². The maximum absolute atomic E-state index is 5.34. The zero-order valence-corrected chi connectivity index (χ0v) is 10.9. The molecule has 1 rings (SSSR count). The van der Waals surface area contributed by atoms with Crippen molar-refractivity contribution in [3.8, 4) is 0 Å². The van der Waals surface area contributed by atoms with Gasteiger partial charge in [-0.3, -0.25) is 0 Å². The van der Waals surface area contributed by atoms with E-state index in [0.29, 0.717) is 6.61 Å². The number of nitrogens with zero attached hydrogens (tertiary/aromatic N) is 1. The first kappa shape index (κ1) is 12.8. The van der Waals surface area contributed by atoms with E-state index in [4.69, 9.17) is 4.84 Å². The van der Waals surface area contributed by atoms with Gasteiger partial charge in [0.25, 0.3) is 0 Å². The highest BCUT2D eigenvalue weighted by atomic mass is 16.6. The summed E-state index contributed by atoms with van der Waals surface area (Å²) >= 11 is 0. The first-order valence-electron chi connectivity index (χ1n) is 5.62. The molecule has 0 saturated heterocycles. The Kier molecular flexibility index (Phi) is 4.11. The lowest BCUT2D eigenvalue weighted by atomic mass is 9.91. The molecule has 0 radical (unpaired) electrons. The van der Waals surface area contributed by atoms with Crippen LogP contribution in [0.5, 0.6) is 0 Å². The predicted octanol–water partition coefficient (Wildman–Crippen LogP) is 3.93. The third kappa shape index (κ3) is 4.05. The van der Waals surface area contributed by atoms with Crippen LogP contribution in [0, 0.1) is 12.3 Å². The topological polar surface area (TPSA) is 21.6 Å². The average molecular weight is 219 g/mol. The molecule has 1 aromatic rings. The van der Waals surface area contributed by atoms with Crippen LogP contribution in [-0.4, -0.2) is 5.71 Å². The Morgan fingerprint density at radius 3 is 2.25 bits per heavy atom. The molecule has 88 valence electrons. The van der Waals surface area contributed by atoms with Gasteiger partial charge in [-0.2, -0.15) is 0 Å². The molecule has 0 atom stereocenters. The summed E-state index contributed by atoms with van der Waals surface area (Å²) in [5, 5.41) is 4.13. The zero-order chi connectivity index (χ0) is 12.2. The third-order valence-corrected chi connectivity index (χ3v) is 2.64. The van der Waals surface area contributed by atoms with E-state index in [-0.39, 0.29) is 5.41 Å². The molecule has 0 fully saturated rings. The van der Waals surface area contributed by atoms with Crippen LogP contribution in [-0.2, 0) is 11.4 Å². The molecular weight excluding hydrogens is 198 g/mol. The van der Waals surface area contributed by atoms with E-state index in [2.05, 4.69) is 57.1 Å². The quantitative estimate of drug-likeness (QED) is 0.557. The third-order valence-electron chi connectivity index (χ3n) is 2.64. The van der Waals surface area contributed by atoms with E-state index in [1.54, 1.807) is 0 Å². The van der Waals surface area contributed by atoms with Crippen LogP contribution in [0.25, 0.3) is 0 Å². The Hall–Kier alpha value is -1.31. The molecule has 0 aliphatic rings. The molecule has 0 amide bonds. The molecule has 0 aliphatic carbocycles. The smallest absolute Gasteiger partial charge is 0.142 e. The molecule has 16 heavy (non-hydrogen) atoms. The number of benzene rings is 1. The molecule has 0 N–H and O–H groups in total. The van der Waals surface area contributed by atoms with Gasteiger partial charge in [0.2, 0.25) is 0 Å². The Balaban J connectivity index is 2.50. The molecule has 0 spiro atoms. The Morgan fingerprint density at radius 2 is 1.75 bits per heavy atom. The van der Waals surface area contributed by atoms with E-state index in [1.165, 1.54) is 5.56 Å². The fourth-order valence-corrected chi connectivity index (χ4v) is 1.02. The number of rotatable bonds is 3. The van der Waals surface area contributed by atoms with Gasteiger partial charge in [-0.15, -0.1) is 0 Å². The normalized spacial score (nSPS) is 12.7. The van der Waals surface area contributed by atoms with Gasteiger partial charge in [-0.1, -0.05) is 55.8 Å². The second kappa shape index (κ2) is 5.15. The lowest BCUT2D eigenvalue weighted by molar-refractivity contribution is 0.127. The number of hydrogen-bond acceptors (Lipinski definition) is 2. The molecule has 0 aliphatic heterocycles. The van der Waals surface area contributed by atoms with Crippen LogP contribution in [0.4, 0.5) is 0 Å². The van der Waals surface area contributed by atoms with Crippen LogP contribution >= 0.6 is 0 Å². The highest BCUT2D eigenvalue weighted by Crippen LogP contribution is 2.16. The van der Waals surface area contributed by atoms with E-state index < -0.39 is 0 Å². The van der Waals surface area contributed by atoms with Crippen molar-refractivity contribution in [2.24, 2.45) is 10.6 Å². The summed E-state index contributed by atoms with van der Waals surface area (Å²) in [5.74, 6) is 0. The second-order valence-corrected chi connectivity index (χ2v) is 5.19. The number of hydrogen-bond donors (Lipinski definition) is 0. The Labute approximate surface area is 98.3 Å². The highest BCUT2D eigenvalue weighted by Gasteiger charge is 2.14. The maximum atomic E-state index is 5.34. The summed E-state index contributed by atoms with van der Waals surface area (Å²) in [6.45, 7) is 11.0. The van der Waals surface area contributed by atoms with Crippen molar-refractivity contribution >= 4 is 5.71 Å². The first-order chi connectivity index (χ1) is 7.39. The van der Waals surface area contributed by atoms with Crippen molar-refractivity contribution in [3.63, 3.8) is 0 Å². The summed E-state index contributed by atoms with van der Waals surface area (Å²) in [4.78, 5) is 5.34. The van der Waals surface area contributed by atoms with Gasteiger partial charge in [0.05, 0.1) is 5.71 Å². The SMILES string of the molecule is C/C(=N\OCc1ccc(C)cc1)C(C)(C)C. The summed E-state index contributed by atoms with van der Waals surface area (Å²) < 4.78 is 0. The standard InChI is InChI=1S/C14H21NO/c1-11-6-8-13(9-7-11)10-16-15-12(2)14(3,4)5/h6-9H,10H2,1-5H3/b15-12+. The van der Waals surface area contributed by atoms with E-state index in [1.807, 2.05) is 6.92 Å². The minimum absolute atomic E-state index is 0.0767. The van der Waals surface area contributed by atoms with Crippen LogP contribution in [0.15, 0.2) is 29.4 Å². The van der Waals surface area contributed by atoms with Crippen molar-refractivity contribution < 1.29 is 4.84 Å². The summed E-state index contributed by atoms with van der Waals surface area (Å²) in [6.07, 6.45) is 0. The minimum Gasteiger partial charge on any atom is -0.391 e. The lowest BCUT2D eigenvalue weighted by Gasteiger charge is -2.16. The van der Waals surface area contributed by atoms with E-state index >= 15 is 0 Å². The van der Waals surface area contributed by atoms with Crippen molar-refractivity contribution in [1.29, 1.82) is 0 Å². The summed E-state index contributed by atoms with van der Waals surface area (Å²) in [7, 11) is 0. The van der Waals surface area contributed by atoms with Gasteiger partial charge in [-0.25, -0.2) is 0 Å². The van der Waals surface area contributed by atoms with E-state index in [0.717, 1.165) is 11.3 Å².